The van der Waals surface area contributed by atoms with E-state index in [-0.39, 0.29) is 5.57 Å². The molecule has 0 aliphatic heterocycles. The van der Waals surface area contributed by atoms with Crippen LogP contribution < -0.4 is 5.48 Å². The minimum absolute atomic E-state index is 0.268. The van der Waals surface area contributed by atoms with E-state index in [4.69, 9.17) is 0 Å². The van der Waals surface area contributed by atoms with Gasteiger partial charge in [0.15, 0.2) is 0 Å². The molecule has 88 valence electrons. The topological polar surface area (TPSA) is 55.4 Å². The number of benzene rings is 1. The van der Waals surface area contributed by atoms with Gasteiger partial charge in [0.05, 0.1) is 0 Å². The molecule has 0 heterocycles. The number of hydrogen-bond donors (Lipinski definition) is 1. The van der Waals surface area contributed by atoms with E-state index < -0.39 is 11.9 Å². The summed E-state index contributed by atoms with van der Waals surface area (Å²) < 4.78 is 0. The van der Waals surface area contributed by atoms with E-state index in [0.717, 1.165) is 5.56 Å². The van der Waals surface area contributed by atoms with Gasteiger partial charge >= 0.3 is 5.97 Å². The molecule has 1 amide bonds. The second-order valence-electron chi connectivity index (χ2n) is 3.38. The predicted molar refractivity (Wildman–Crippen MR) is 64.5 cm³/mol. The summed E-state index contributed by atoms with van der Waals surface area (Å²) in [6.45, 7) is 4.92. The normalized spacial score (nSPS) is 9.94. The Kier molecular flexibility index (Phi) is 4.69. The summed E-state index contributed by atoms with van der Waals surface area (Å²) in [5, 5.41) is 0. The molecule has 1 aromatic carbocycles. The number of amides is 1. The van der Waals surface area contributed by atoms with Crippen molar-refractivity contribution in [2.24, 2.45) is 0 Å². The average Bonchev–Trinajstić information content (AvgIpc) is 2.34. The Morgan fingerprint density at radius 3 is 2.53 bits per heavy atom. The lowest BCUT2D eigenvalue weighted by molar-refractivity contribution is -0.151. The summed E-state index contributed by atoms with van der Waals surface area (Å²) in [5.74, 6) is -1.17. The van der Waals surface area contributed by atoms with Gasteiger partial charge in [-0.1, -0.05) is 36.9 Å². The molecule has 1 N–H and O–H groups in total. The quantitative estimate of drug-likeness (QED) is 0.638. The molecule has 0 spiro atoms. The van der Waals surface area contributed by atoms with Gasteiger partial charge < -0.3 is 4.84 Å². The summed E-state index contributed by atoms with van der Waals surface area (Å²) >= 11 is 0. The highest BCUT2D eigenvalue weighted by Crippen LogP contribution is 2.00. The molecule has 1 aromatic rings. The molecule has 0 aliphatic carbocycles. The van der Waals surface area contributed by atoms with Gasteiger partial charge in [-0.2, -0.15) is 5.48 Å². The molecule has 0 saturated heterocycles. The van der Waals surface area contributed by atoms with E-state index in [0.29, 0.717) is 0 Å². The number of hydroxylamine groups is 1. The molecule has 0 unspecified atom stereocenters. The van der Waals surface area contributed by atoms with Gasteiger partial charge in [0.2, 0.25) is 0 Å². The second kappa shape index (κ2) is 6.27. The first-order valence-electron chi connectivity index (χ1n) is 4.99. The molecular weight excluding hydrogens is 218 g/mol. The largest absolute Gasteiger partial charge is 0.355 e. The van der Waals surface area contributed by atoms with Gasteiger partial charge in [0.25, 0.3) is 5.91 Å². The van der Waals surface area contributed by atoms with Crippen molar-refractivity contribution in [1.82, 2.24) is 5.48 Å². The van der Waals surface area contributed by atoms with E-state index >= 15 is 0 Å². The fraction of sp³-hybridized carbons (Fsp3) is 0.0769. The molecule has 0 saturated carbocycles. The number of nitrogens with one attached hydrogen (secondary N) is 1. The lowest BCUT2D eigenvalue weighted by Crippen LogP contribution is -2.26. The molecule has 0 aromatic heterocycles. The molecule has 0 fully saturated rings. The first-order chi connectivity index (χ1) is 8.09. The highest BCUT2D eigenvalue weighted by atomic mass is 16.7. The van der Waals surface area contributed by atoms with E-state index in [1.807, 2.05) is 35.8 Å². The monoisotopic (exact) mass is 231 g/mol. The summed E-state index contributed by atoms with van der Waals surface area (Å²) in [7, 11) is 0. The van der Waals surface area contributed by atoms with Crippen LogP contribution in [0.25, 0.3) is 6.08 Å². The Bertz CT molecular complexity index is 449. The van der Waals surface area contributed by atoms with Crippen LogP contribution in [0.4, 0.5) is 0 Å². The van der Waals surface area contributed by atoms with Crippen molar-refractivity contribution in [3.8, 4) is 0 Å². The molecule has 4 heteroatoms. The van der Waals surface area contributed by atoms with Crippen LogP contribution in [0.15, 0.2) is 48.6 Å². The van der Waals surface area contributed by atoms with Gasteiger partial charge in [0, 0.05) is 11.6 Å². The number of rotatable bonds is 3. The van der Waals surface area contributed by atoms with Crippen molar-refractivity contribution in [2.45, 2.75) is 6.92 Å². The number of carbonyl (C=O) groups excluding carboxylic acids is 2. The Labute approximate surface area is 99.5 Å². The average molecular weight is 231 g/mol. The lowest BCUT2D eigenvalue weighted by atomic mass is 10.2. The van der Waals surface area contributed by atoms with Crippen LogP contribution in [0.2, 0.25) is 0 Å². The standard InChI is InChI=1S/C13H13NO3/c1-10(2)13(16)14-17-12(15)9-8-11-6-4-3-5-7-11/h3-9H,1H2,2H3,(H,14,16)/b9-8+. The summed E-state index contributed by atoms with van der Waals surface area (Å²) in [5.41, 5.74) is 3.12. The van der Waals surface area contributed by atoms with Gasteiger partial charge in [-0.05, 0) is 18.6 Å². The van der Waals surface area contributed by atoms with Gasteiger partial charge in [-0.15, -0.1) is 0 Å². The fourth-order valence-electron chi connectivity index (χ4n) is 0.946. The van der Waals surface area contributed by atoms with E-state index in [1.165, 1.54) is 13.0 Å². The van der Waals surface area contributed by atoms with Crippen LogP contribution in [0.5, 0.6) is 0 Å². The minimum atomic E-state index is -0.650. The highest BCUT2D eigenvalue weighted by molar-refractivity contribution is 5.93. The Hall–Kier alpha value is -2.36. The molecule has 0 radical (unpaired) electrons. The number of hydrogen-bond acceptors (Lipinski definition) is 3. The SMILES string of the molecule is C=C(C)C(=O)NOC(=O)/C=C/c1ccccc1. The maximum Gasteiger partial charge on any atom is 0.355 e. The van der Waals surface area contributed by atoms with Gasteiger partial charge in [0.1, 0.15) is 0 Å². The first-order valence-corrected chi connectivity index (χ1v) is 4.99. The van der Waals surface area contributed by atoms with Gasteiger partial charge in [-0.25, -0.2) is 4.79 Å². The molecule has 0 bridgehead atoms. The zero-order chi connectivity index (χ0) is 12.7. The zero-order valence-electron chi connectivity index (χ0n) is 9.47. The minimum Gasteiger partial charge on any atom is -0.336 e. The first kappa shape index (κ1) is 12.7. The predicted octanol–water partition coefficient (Wildman–Crippen LogP) is 1.85. The molecule has 0 atom stereocenters. The molecule has 4 nitrogen and oxygen atoms in total. The molecule has 1 rings (SSSR count). The van der Waals surface area contributed by atoms with E-state index in [2.05, 4.69) is 11.4 Å². The van der Waals surface area contributed by atoms with Gasteiger partial charge in [-0.3, -0.25) is 4.79 Å². The van der Waals surface area contributed by atoms with E-state index in [9.17, 15) is 9.59 Å². The third kappa shape index (κ3) is 4.79. The Morgan fingerprint density at radius 2 is 1.94 bits per heavy atom. The molecule has 17 heavy (non-hydrogen) atoms. The summed E-state index contributed by atoms with van der Waals surface area (Å²) in [4.78, 5) is 26.7. The summed E-state index contributed by atoms with van der Waals surface area (Å²) in [6.07, 6.45) is 2.82. The van der Waals surface area contributed by atoms with Crippen molar-refractivity contribution in [3.05, 3.63) is 54.1 Å². The fourth-order valence-corrected chi connectivity index (χ4v) is 0.946. The van der Waals surface area contributed by atoms with Crippen molar-refractivity contribution >= 4 is 18.0 Å². The van der Waals surface area contributed by atoms with Crippen molar-refractivity contribution in [2.75, 3.05) is 0 Å². The Balaban J connectivity index is 2.43. The van der Waals surface area contributed by atoms with Crippen LogP contribution in [-0.4, -0.2) is 11.9 Å². The third-order valence-corrected chi connectivity index (χ3v) is 1.84. The van der Waals surface area contributed by atoms with Crippen LogP contribution in [0.3, 0.4) is 0 Å². The van der Waals surface area contributed by atoms with Crippen LogP contribution in [0, 0.1) is 0 Å². The van der Waals surface area contributed by atoms with Crippen LogP contribution >= 0.6 is 0 Å². The number of carbonyl (C=O) groups is 2. The maximum atomic E-state index is 11.2. The third-order valence-electron chi connectivity index (χ3n) is 1.84. The van der Waals surface area contributed by atoms with Crippen LogP contribution in [0.1, 0.15) is 12.5 Å². The van der Waals surface area contributed by atoms with Crippen molar-refractivity contribution in [3.63, 3.8) is 0 Å². The zero-order valence-corrected chi connectivity index (χ0v) is 9.47. The maximum absolute atomic E-state index is 11.2. The Morgan fingerprint density at radius 1 is 1.29 bits per heavy atom. The second-order valence-corrected chi connectivity index (χ2v) is 3.38. The molecule has 0 aliphatic rings. The van der Waals surface area contributed by atoms with Crippen molar-refractivity contribution < 1.29 is 14.4 Å². The summed E-state index contributed by atoms with van der Waals surface area (Å²) in [6, 6.07) is 9.27. The van der Waals surface area contributed by atoms with E-state index in [1.54, 1.807) is 6.08 Å². The van der Waals surface area contributed by atoms with Crippen LogP contribution in [-0.2, 0) is 14.4 Å². The lowest BCUT2D eigenvalue weighted by Gasteiger charge is -2.01. The smallest absolute Gasteiger partial charge is 0.336 e. The molecular formula is C13H13NO3. The van der Waals surface area contributed by atoms with Crippen molar-refractivity contribution in [1.29, 1.82) is 0 Å². The highest BCUT2D eigenvalue weighted by Gasteiger charge is 2.03.